The van der Waals surface area contributed by atoms with E-state index in [1.807, 2.05) is 48.5 Å². The van der Waals surface area contributed by atoms with Crippen molar-refractivity contribution in [2.75, 3.05) is 0 Å². The number of hydrogen-bond donors (Lipinski definition) is 0. The Kier molecular flexibility index (Phi) is 13.2. The number of hydrogen-bond acceptors (Lipinski definition) is 4. The summed E-state index contributed by atoms with van der Waals surface area (Å²) in [4.78, 5) is 3.49. The molecule has 2 aromatic heterocycles. The molecule has 0 fully saturated rings. The molecule has 0 aliphatic heterocycles. The van der Waals surface area contributed by atoms with Gasteiger partial charge in [0.05, 0.1) is 13.1 Å². The Balaban J connectivity index is 0.00000106. The standard InChI is InChI=1S/C15H14N6.2ClH.3Cu.H2N/c1-2-7-13-12(6-1)16-20(17-13)10-5-11-21-18-14-8-3-4-9-15(14)19-21;;;;;;/h1-4,6-9H,5,10-11H2;2*1H;;;;1H2/q;;;;+1;+2;-1. The summed E-state index contributed by atoms with van der Waals surface area (Å²) in [5.41, 5.74) is 3.72. The molecule has 12 heteroatoms. The minimum Gasteiger partial charge on any atom is -0.693 e. The van der Waals surface area contributed by atoms with Gasteiger partial charge in [-0.15, -0.1) is 0 Å². The number of aryl methyl sites for hydroxylation is 2. The van der Waals surface area contributed by atoms with Gasteiger partial charge in [-0.2, -0.15) is 30.0 Å². The van der Waals surface area contributed by atoms with E-state index >= 15 is 0 Å². The van der Waals surface area contributed by atoms with E-state index in [0.29, 0.717) is 0 Å². The Hall–Kier alpha value is -0.662. The number of aromatic nitrogens is 6. The van der Waals surface area contributed by atoms with Crippen LogP contribution in [-0.2, 0) is 60.4 Å². The maximum atomic E-state index is 4.44. The average Bonchev–Trinajstić information content (AvgIpc) is 3.18. The fraction of sp³-hybridized carbons (Fsp3) is 0.200. The van der Waals surface area contributed by atoms with Crippen LogP contribution in [0.3, 0.4) is 0 Å². The molecular weight excluding hydrogens is 540 g/mol. The molecule has 2 aromatic carbocycles. The Labute approximate surface area is 192 Å². The van der Waals surface area contributed by atoms with Crippen molar-refractivity contribution in [3.8, 4) is 0 Å². The molecule has 2 N–H and O–H groups in total. The van der Waals surface area contributed by atoms with Crippen LogP contribution in [0.4, 0.5) is 0 Å². The third-order valence-corrected chi connectivity index (χ3v) is 3.37. The molecule has 0 aliphatic carbocycles. The second-order valence-electron chi connectivity index (χ2n) is 4.97. The smallest absolute Gasteiger partial charge is 0.693 e. The number of halogens is 2. The first kappa shape index (κ1) is 26.3. The van der Waals surface area contributed by atoms with Gasteiger partial charge >= 0.3 is 50.4 Å². The summed E-state index contributed by atoms with van der Waals surface area (Å²) in [6.07, 6.45) is 0.891. The third-order valence-electron chi connectivity index (χ3n) is 3.37. The number of nitrogens with two attached hydrogens (primary N) is 1. The molecule has 0 saturated heterocycles. The van der Waals surface area contributed by atoms with Gasteiger partial charge in [-0.1, -0.05) is 24.3 Å². The fourth-order valence-corrected chi connectivity index (χ4v) is 2.36. The van der Waals surface area contributed by atoms with Gasteiger partial charge in [-0.05, 0) is 30.7 Å². The molecule has 2 heterocycles. The molecule has 4 aromatic rings. The molecule has 7 nitrogen and oxygen atoms in total. The van der Waals surface area contributed by atoms with Crippen LogP contribution >= 0.6 is 0 Å². The Morgan fingerprint density at radius 1 is 0.704 bits per heavy atom. The number of nitrogens with zero attached hydrogens (tertiary/aromatic N) is 6. The second kappa shape index (κ2) is 13.5. The third kappa shape index (κ3) is 7.35. The van der Waals surface area contributed by atoms with Gasteiger partial charge in [-0.25, -0.2) is 0 Å². The summed E-state index contributed by atoms with van der Waals surface area (Å²) < 4.78 is 0. The van der Waals surface area contributed by atoms with Crippen molar-refractivity contribution < 1.29 is 67.5 Å². The molecule has 0 aliphatic rings. The van der Waals surface area contributed by atoms with E-state index in [-0.39, 0.29) is 40.3 Å². The summed E-state index contributed by atoms with van der Waals surface area (Å²) in [6, 6.07) is 15.8. The van der Waals surface area contributed by atoms with Gasteiger partial charge in [0, 0.05) is 17.1 Å². The van der Waals surface area contributed by atoms with Crippen LogP contribution in [0.25, 0.3) is 28.2 Å². The summed E-state index contributed by atoms with van der Waals surface area (Å²) in [6.45, 7) is 1.51. The zero-order valence-corrected chi connectivity index (χ0v) is 18.2. The molecule has 0 bridgehead atoms. The Bertz CT molecular complexity index is 792. The number of benzene rings is 2. The van der Waals surface area contributed by atoms with E-state index in [9.17, 15) is 0 Å². The predicted molar refractivity (Wildman–Crippen MR) is 87.7 cm³/mol. The van der Waals surface area contributed by atoms with Crippen molar-refractivity contribution in [3.05, 3.63) is 54.7 Å². The zero-order valence-electron chi connectivity index (χ0n) is 13.7. The SMILES string of the molecule is [ClH+][Cu][ClH+].[Cu+].[Cu].[NH2-].c1ccc2nn(CCCn3nc4ccccc4n3)nc2c1. The van der Waals surface area contributed by atoms with Crippen molar-refractivity contribution in [2.24, 2.45) is 0 Å². The zero-order chi connectivity index (χ0) is 16.8. The molecule has 1 radical (unpaired) electrons. The summed E-state index contributed by atoms with van der Waals surface area (Å²) >= 11 is 0.979. The molecule has 0 spiro atoms. The van der Waals surface area contributed by atoms with Gasteiger partial charge in [0.15, 0.2) is 0 Å². The molecule has 4 rings (SSSR count). The minimum absolute atomic E-state index is 0. The first-order chi connectivity index (χ1) is 11.8. The first-order valence-electron chi connectivity index (χ1n) is 7.23. The fourth-order valence-electron chi connectivity index (χ4n) is 2.36. The monoisotopic (exact) mass is 555 g/mol. The van der Waals surface area contributed by atoms with Gasteiger partial charge in [0.1, 0.15) is 22.1 Å². The van der Waals surface area contributed by atoms with Crippen LogP contribution in [0.2, 0.25) is 0 Å². The summed E-state index contributed by atoms with van der Waals surface area (Å²) in [7, 11) is 8.23. The summed E-state index contributed by atoms with van der Waals surface area (Å²) in [5, 5.41) is 17.8. The van der Waals surface area contributed by atoms with Crippen molar-refractivity contribution in [2.45, 2.75) is 19.5 Å². The molecule has 0 saturated carbocycles. The Morgan fingerprint density at radius 3 is 1.22 bits per heavy atom. The van der Waals surface area contributed by atoms with Crippen molar-refractivity contribution in [3.63, 3.8) is 0 Å². The summed E-state index contributed by atoms with van der Waals surface area (Å²) in [5.74, 6) is 0. The van der Waals surface area contributed by atoms with Crippen molar-refractivity contribution in [1.29, 1.82) is 0 Å². The normalized spacial score (nSPS) is 9.70. The van der Waals surface area contributed by atoms with E-state index in [0.717, 1.165) is 54.7 Å². The molecule has 0 atom stereocenters. The van der Waals surface area contributed by atoms with E-state index in [2.05, 4.69) is 40.6 Å². The van der Waals surface area contributed by atoms with Crippen LogP contribution in [-0.4, -0.2) is 30.0 Å². The minimum atomic E-state index is 0. The molecule has 27 heavy (non-hydrogen) atoms. The molecule has 0 unspecified atom stereocenters. The van der Waals surface area contributed by atoms with E-state index in [1.54, 1.807) is 9.59 Å². The largest absolute Gasteiger partial charge is 1.00 e. The van der Waals surface area contributed by atoms with E-state index in [4.69, 9.17) is 0 Å². The number of fused-ring (bicyclic) bond motifs is 2. The van der Waals surface area contributed by atoms with Crippen LogP contribution in [0.5, 0.6) is 0 Å². The average molecular weight is 558 g/mol. The van der Waals surface area contributed by atoms with Crippen molar-refractivity contribution in [1.82, 2.24) is 30.0 Å². The van der Waals surface area contributed by atoms with Crippen LogP contribution in [0.15, 0.2) is 48.5 Å². The van der Waals surface area contributed by atoms with E-state index < -0.39 is 0 Å². The number of rotatable bonds is 4. The first-order valence-corrected chi connectivity index (χ1v) is 10.0. The van der Waals surface area contributed by atoms with Gasteiger partial charge in [0.25, 0.3) is 0 Å². The van der Waals surface area contributed by atoms with Crippen LogP contribution in [0.1, 0.15) is 6.42 Å². The van der Waals surface area contributed by atoms with Gasteiger partial charge in [-0.3, -0.25) is 0 Å². The molecular formula is C15H18Cl2Cu3N7+2. The Morgan fingerprint density at radius 2 is 0.963 bits per heavy atom. The maximum Gasteiger partial charge on any atom is 1.00 e. The van der Waals surface area contributed by atoms with Crippen LogP contribution in [0, 0.1) is 20.2 Å². The van der Waals surface area contributed by atoms with Gasteiger partial charge in [0.2, 0.25) is 0 Å². The molecule has 0 amide bonds. The quantitative estimate of drug-likeness (QED) is 0.360. The topological polar surface area (TPSA) is 94.9 Å². The maximum absolute atomic E-state index is 4.44. The van der Waals surface area contributed by atoms with Crippen LogP contribution < -0.4 is 0 Å². The van der Waals surface area contributed by atoms with E-state index in [1.165, 1.54) is 0 Å². The van der Waals surface area contributed by atoms with Crippen molar-refractivity contribution >= 4 is 22.1 Å². The van der Waals surface area contributed by atoms with Gasteiger partial charge < -0.3 is 6.15 Å². The molecule has 158 valence electrons. The second-order valence-corrected chi connectivity index (χ2v) is 6.79. The predicted octanol–water partition coefficient (Wildman–Crippen LogP) is 2.44.